The number of hydrogen-bond donors (Lipinski definition) is 0. The molecule has 1 aromatic heterocycles. The van der Waals surface area contributed by atoms with E-state index in [0.717, 1.165) is 0 Å². The van der Waals surface area contributed by atoms with E-state index in [9.17, 15) is 0 Å². The molecule has 0 amide bonds. The summed E-state index contributed by atoms with van der Waals surface area (Å²) in [5.74, 6) is 0. The molecule has 0 aliphatic rings. The number of rotatable bonds is 9. The van der Waals surface area contributed by atoms with Gasteiger partial charge in [0.1, 0.15) is 0 Å². The van der Waals surface area contributed by atoms with Gasteiger partial charge in [-0.1, -0.05) is 86.7 Å². The van der Waals surface area contributed by atoms with Gasteiger partial charge in [-0.15, -0.1) is 0 Å². The van der Waals surface area contributed by atoms with Crippen molar-refractivity contribution in [3.05, 3.63) is 22.4 Å². The van der Waals surface area contributed by atoms with E-state index >= 15 is 0 Å². The molecule has 112 valence electrons. The van der Waals surface area contributed by atoms with Crippen LogP contribution in [0.1, 0.15) is 63.9 Å². The summed E-state index contributed by atoms with van der Waals surface area (Å²) < 4.78 is -0.750. The van der Waals surface area contributed by atoms with E-state index in [2.05, 4.69) is 23.8 Å². The number of halogens is 3. The standard InChI is InChI=1S/C14H24S.CHCl3/c1-2-3-4-5-6-7-8-9-10-14-11-12-15-13-14;2-1(3)4/h11-13H,2-10H2,1H3;1H. The van der Waals surface area contributed by atoms with E-state index in [1.165, 1.54) is 63.4 Å². The lowest BCUT2D eigenvalue weighted by Gasteiger charge is -2.00. The van der Waals surface area contributed by atoms with Crippen molar-refractivity contribution in [2.45, 2.75) is 69.0 Å². The molecule has 0 aromatic carbocycles. The van der Waals surface area contributed by atoms with Gasteiger partial charge < -0.3 is 0 Å². The minimum Gasteiger partial charge on any atom is -0.152 e. The maximum absolute atomic E-state index is 4.81. The first-order valence-corrected chi connectivity index (χ1v) is 9.35. The van der Waals surface area contributed by atoms with Gasteiger partial charge in [0.2, 0.25) is 0 Å². The first kappa shape index (κ1) is 19.6. The molecule has 0 aliphatic heterocycles. The second-order valence-electron chi connectivity index (χ2n) is 4.60. The molecular weight excluding hydrogens is 319 g/mol. The van der Waals surface area contributed by atoms with E-state index in [1.54, 1.807) is 0 Å². The third-order valence-corrected chi connectivity index (χ3v) is 3.63. The van der Waals surface area contributed by atoms with Crippen molar-refractivity contribution < 1.29 is 0 Å². The Hall–Kier alpha value is 0.570. The summed E-state index contributed by atoms with van der Waals surface area (Å²) in [6.07, 6.45) is 12.7. The fourth-order valence-corrected chi connectivity index (χ4v) is 2.60. The van der Waals surface area contributed by atoms with Gasteiger partial charge in [0.05, 0.1) is 0 Å². The zero-order chi connectivity index (χ0) is 14.3. The Labute approximate surface area is 137 Å². The predicted octanol–water partition coefficient (Wildman–Crippen LogP) is 7.42. The molecule has 19 heavy (non-hydrogen) atoms. The Kier molecular flexibility index (Phi) is 15.4. The predicted molar refractivity (Wildman–Crippen MR) is 92.0 cm³/mol. The maximum atomic E-state index is 4.81. The third-order valence-electron chi connectivity index (χ3n) is 2.90. The van der Waals surface area contributed by atoms with Gasteiger partial charge in [-0.2, -0.15) is 11.3 Å². The van der Waals surface area contributed by atoms with Crippen molar-refractivity contribution in [3.8, 4) is 0 Å². The average molecular weight is 344 g/mol. The summed E-state index contributed by atoms with van der Waals surface area (Å²) in [6.45, 7) is 2.28. The topological polar surface area (TPSA) is 0 Å². The van der Waals surface area contributed by atoms with Crippen molar-refractivity contribution in [1.29, 1.82) is 0 Å². The lowest BCUT2D eigenvalue weighted by Crippen LogP contribution is -1.84. The lowest BCUT2D eigenvalue weighted by atomic mass is 10.1. The van der Waals surface area contributed by atoms with Crippen LogP contribution in [0.15, 0.2) is 16.8 Å². The summed E-state index contributed by atoms with van der Waals surface area (Å²) >= 11 is 16.2. The molecule has 1 rings (SSSR count). The highest BCUT2D eigenvalue weighted by Gasteiger charge is 1.94. The van der Waals surface area contributed by atoms with Gasteiger partial charge in [0.15, 0.2) is 4.30 Å². The summed E-state index contributed by atoms with van der Waals surface area (Å²) in [7, 11) is 0. The van der Waals surface area contributed by atoms with Crippen molar-refractivity contribution in [2.24, 2.45) is 0 Å². The highest BCUT2D eigenvalue weighted by atomic mass is 35.6. The third kappa shape index (κ3) is 16.5. The Balaban J connectivity index is 0.000000711. The van der Waals surface area contributed by atoms with Crippen LogP contribution in [0.25, 0.3) is 0 Å². The molecule has 0 nitrogen and oxygen atoms in total. The normalized spacial score (nSPS) is 10.4. The van der Waals surface area contributed by atoms with Crippen molar-refractivity contribution in [1.82, 2.24) is 0 Å². The first-order chi connectivity index (χ1) is 9.16. The smallest absolute Gasteiger partial charge is 0.152 e. The molecule has 0 aliphatic carbocycles. The van der Waals surface area contributed by atoms with Crippen LogP contribution in [0, 0.1) is 0 Å². The highest BCUT2D eigenvalue weighted by molar-refractivity contribution is 7.07. The second kappa shape index (κ2) is 15.0. The van der Waals surface area contributed by atoms with Gasteiger partial charge in [-0.05, 0) is 35.2 Å². The fourth-order valence-electron chi connectivity index (χ4n) is 1.90. The molecule has 0 radical (unpaired) electrons. The van der Waals surface area contributed by atoms with Crippen molar-refractivity contribution in [2.75, 3.05) is 0 Å². The summed E-state index contributed by atoms with van der Waals surface area (Å²) in [5.41, 5.74) is 1.53. The maximum Gasteiger partial charge on any atom is 0.180 e. The molecule has 0 bridgehead atoms. The van der Waals surface area contributed by atoms with Crippen LogP contribution < -0.4 is 0 Å². The van der Waals surface area contributed by atoms with Crippen LogP contribution in [-0.4, -0.2) is 4.30 Å². The lowest BCUT2D eigenvalue weighted by molar-refractivity contribution is 0.575. The van der Waals surface area contributed by atoms with Crippen LogP contribution in [0.3, 0.4) is 0 Å². The monoisotopic (exact) mass is 342 g/mol. The van der Waals surface area contributed by atoms with E-state index in [4.69, 9.17) is 34.8 Å². The SMILES string of the molecule is CCCCCCCCCCc1ccsc1.ClC(Cl)Cl. The minimum absolute atomic E-state index is 0.750. The van der Waals surface area contributed by atoms with Gasteiger partial charge in [-0.25, -0.2) is 0 Å². The number of alkyl halides is 3. The highest BCUT2D eigenvalue weighted by Crippen LogP contribution is 2.13. The quantitative estimate of drug-likeness (QED) is 0.323. The van der Waals surface area contributed by atoms with Gasteiger partial charge in [0.25, 0.3) is 0 Å². The van der Waals surface area contributed by atoms with Crippen LogP contribution in [0.2, 0.25) is 0 Å². The zero-order valence-electron chi connectivity index (χ0n) is 11.7. The van der Waals surface area contributed by atoms with Crippen LogP contribution >= 0.6 is 46.1 Å². The molecule has 0 saturated heterocycles. The molecule has 0 atom stereocenters. The first-order valence-electron chi connectivity index (χ1n) is 7.10. The molecule has 0 N–H and O–H groups in total. The largest absolute Gasteiger partial charge is 0.180 e. The Morgan fingerprint density at radius 2 is 1.47 bits per heavy atom. The Bertz CT molecular complexity index is 258. The fraction of sp³-hybridized carbons (Fsp3) is 0.733. The minimum atomic E-state index is -0.750. The summed E-state index contributed by atoms with van der Waals surface area (Å²) in [4.78, 5) is 0. The van der Waals surface area contributed by atoms with Crippen molar-refractivity contribution in [3.63, 3.8) is 0 Å². The van der Waals surface area contributed by atoms with Crippen LogP contribution in [0.4, 0.5) is 0 Å². The van der Waals surface area contributed by atoms with E-state index in [-0.39, 0.29) is 0 Å². The van der Waals surface area contributed by atoms with E-state index in [1.807, 2.05) is 11.3 Å². The van der Waals surface area contributed by atoms with E-state index in [0.29, 0.717) is 0 Å². The molecule has 4 heteroatoms. The molecule has 1 heterocycles. The molecular formula is C15H25Cl3S. The summed E-state index contributed by atoms with van der Waals surface area (Å²) in [6, 6.07) is 2.26. The van der Waals surface area contributed by atoms with Crippen molar-refractivity contribution >= 4 is 46.1 Å². The average Bonchev–Trinajstić information content (AvgIpc) is 2.85. The van der Waals surface area contributed by atoms with E-state index < -0.39 is 4.30 Å². The molecule has 0 saturated carbocycles. The molecule has 0 spiro atoms. The van der Waals surface area contributed by atoms with Gasteiger partial charge >= 0.3 is 0 Å². The molecule has 0 fully saturated rings. The number of thiophene rings is 1. The molecule has 0 unspecified atom stereocenters. The second-order valence-corrected chi connectivity index (χ2v) is 7.36. The molecule has 1 aromatic rings. The number of hydrogen-bond acceptors (Lipinski definition) is 1. The number of aryl methyl sites for hydroxylation is 1. The zero-order valence-corrected chi connectivity index (χ0v) is 14.8. The van der Waals surface area contributed by atoms with Crippen LogP contribution in [-0.2, 0) is 6.42 Å². The summed E-state index contributed by atoms with van der Waals surface area (Å²) in [5, 5.41) is 4.46. The van der Waals surface area contributed by atoms with Gasteiger partial charge in [0, 0.05) is 0 Å². The van der Waals surface area contributed by atoms with Crippen LogP contribution in [0.5, 0.6) is 0 Å². The Morgan fingerprint density at radius 1 is 0.947 bits per heavy atom. The number of unbranched alkanes of at least 4 members (excludes halogenated alkanes) is 7. The van der Waals surface area contributed by atoms with Gasteiger partial charge in [-0.3, -0.25) is 0 Å². The Morgan fingerprint density at radius 3 is 1.95 bits per heavy atom.